The van der Waals surface area contributed by atoms with E-state index in [1.54, 1.807) is 4.90 Å². The van der Waals surface area contributed by atoms with E-state index in [0.29, 0.717) is 19.5 Å². The number of nitrogens with zero attached hydrogens (tertiary/aromatic N) is 2. The number of ether oxygens (including phenoxy) is 2. The van der Waals surface area contributed by atoms with Crippen LogP contribution in [0.15, 0.2) is 24.3 Å². The van der Waals surface area contributed by atoms with E-state index in [9.17, 15) is 9.59 Å². The summed E-state index contributed by atoms with van der Waals surface area (Å²) in [7, 11) is 0. The minimum absolute atomic E-state index is 0.0409. The molecule has 2 heterocycles. The zero-order valence-electron chi connectivity index (χ0n) is 21.9. The molecule has 1 aromatic carbocycles. The van der Waals surface area contributed by atoms with Gasteiger partial charge >= 0.3 is 12.1 Å². The summed E-state index contributed by atoms with van der Waals surface area (Å²) in [6, 6.07) is 8.56. The molecule has 7 heteroatoms. The van der Waals surface area contributed by atoms with Gasteiger partial charge in [-0.3, -0.25) is 9.69 Å². The van der Waals surface area contributed by atoms with Gasteiger partial charge in [-0.2, -0.15) is 0 Å². The van der Waals surface area contributed by atoms with Crippen molar-refractivity contribution in [3.05, 3.63) is 35.4 Å². The number of rotatable bonds is 6. The van der Waals surface area contributed by atoms with E-state index in [1.165, 1.54) is 5.56 Å². The molecular formula is C27H43N3O4. The van der Waals surface area contributed by atoms with Crippen molar-refractivity contribution in [2.45, 2.75) is 72.1 Å². The molecule has 0 radical (unpaired) electrons. The smallest absolute Gasteiger partial charge is 0.410 e. The zero-order valence-corrected chi connectivity index (χ0v) is 21.9. The van der Waals surface area contributed by atoms with E-state index in [1.807, 2.05) is 41.5 Å². The van der Waals surface area contributed by atoms with Crippen molar-refractivity contribution >= 4 is 12.1 Å². The third-order valence-corrected chi connectivity index (χ3v) is 6.22. The largest absolute Gasteiger partial charge is 0.460 e. The molecule has 0 bridgehead atoms. The van der Waals surface area contributed by atoms with Gasteiger partial charge in [-0.25, -0.2) is 4.79 Å². The highest BCUT2D eigenvalue weighted by Gasteiger charge is 2.39. The molecule has 0 unspecified atom stereocenters. The SMILES string of the molecule is CC(C)(C)OC(=O)[C@@H](Cc1cccc(CN2CCNCC2)c1)[C@H]1CCN(C(=O)OC(C)(C)C)C1. The van der Waals surface area contributed by atoms with Gasteiger partial charge in [0.05, 0.1) is 5.92 Å². The predicted molar refractivity (Wildman–Crippen MR) is 134 cm³/mol. The number of carbonyl (C=O) groups is 2. The van der Waals surface area contributed by atoms with Gasteiger partial charge in [0.1, 0.15) is 11.2 Å². The van der Waals surface area contributed by atoms with Gasteiger partial charge in [-0.05, 0) is 71.4 Å². The Kier molecular flexibility index (Phi) is 8.63. The minimum Gasteiger partial charge on any atom is -0.460 e. The lowest BCUT2D eigenvalue weighted by atomic mass is 9.85. The van der Waals surface area contributed by atoms with Crippen LogP contribution in [0.4, 0.5) is 4.79 Å². The lowest BCUT2D eigenvalue weighted by molar-refractivity contribution is -0.161. The second-order valence-electron chi connectivity index (χ2n) is 11.7. The first-order valence-electron chi connectivity index (χ1n) is 12.6. The molecule has 0 aliphatic carbocycles. The van der Waals surface area contributed by atoms with Crippen LogP contribution in [-0.2, 0) is 27.2 Å². The third kappa shape index (κ3) is 8.27. The highest BCUT2D eigenvalue weighted by molar-refractivity contribution is 5.74. The van der Waals surface area contributed by atoms with Crippen molar-refractivity contribution in [2.75, 3.05) is 39.3 Å². The fraction of sp³-hybridized carbons (Fsp3) is 0.704. The quantitative estimate of drug-likeness (QED) is 0.633. The Labute approximate surface area is 205 Å². The molecule has 2 aliphatic rings. The van der Waals surface area contributed by atoms with Gasteiger partial charge in [-0.15, -0.1) is 0 Å². The number of esters is 1. The molecule has 1 aromatic rings. The number of nitrogens with one attached hydrogen (secondary N) is 1. The second-order valence-corrected chi connectivity index (χ2v) is 11.7. The molecule has 34 heavy (non-hydrogen) atoms. The summed E-state index contributed by atoms with van der Waals surface area (Å²) in [5.41, 5.74) is 1.32. The number of piperazine rings is 1. The maximum absolute atomic E-state index is 13.3. The molecule has 2 atom stereocenters. The fourth-order valence-corrected chi connectivity index (χ4v) is 4.66. The Bertz CT molecular complexity index is 837. The maximum Gasteiger partial charge on any atom is 0.410 e. The normalized spacial score (nSPS) is 20.8. The van der Waals surface area contributed by atoms with Crippen LogP contribution >= 0.6 is 0 Å². The molecule has 0 aromatic heterocycles. The van der Waals surface area contributed by atoms with Gasteiger partial charge in [0.25, 0.3) is 0 Å². The number of hydrogen-bond acceptors (Lipinski definition) is 6. The third-order valence-electron chi connectivity index (χ3n) is 6.22. The number of amides is 1. The molecular weight excluding hydrogens is 430 g/mol. The molecule has 2 fully saturated rings. The molecule has 2 saturated heterocycles. The summed E-state index contributed by atoms with van der Waals surface area (Å²) in [4.78, 5) is 30.1. The lowest BCUT2D eigenvalue weighted by Gasteiger charge is -2.29. The van der Waals surface area contributed by atoms with Gasteiger partial charge in [-0.1, -0.05) is 24.3 Å². The fourth-order valence-electron chi connectivity index (χ4n) is 4.66. The first kappa shape index (κ1) is 26.5. The van der Waals surface area contributed by atoms with Crippen LogP contribution < -0.4 is 5.32 Å². The van der Waals surface area contributed by atoms with E-state index >= 15 is 0 Å². The number of hydrogen-bond donors (Lipinski definition) is 1. The number of carbonyl (C=O) groups excluding carboxylic acids is 2. The van der Waals surface area contributed by atoms with Crippen molar-refractivity contribution in [1.82, 2.24) is 15.1 Å². The van der Waals surface area contributed by atoms with E-state index in [2.05, 4.69) is 34.5 Å². The molecule has 3 rings (SSSR count). The molecule has 7 nitrogen and oxygen atoms in total. The van der Waals surface area contributed by atoms with Crippen LogP contribution in [-0.4, -0.2) is 72.3 Å². The maximum atomic E-state index is 13.3. The van der Waals surface area contributed by atoms with Crippen molar-refractivity contribution in [3.63, 3.8) is 0 Å². The molecule has 2 aliphatic heterocycles. The molecule has 0 saturated carbocycles. The van der Waals surface area contributed by atoms with Crippen molar-refractivity contribution in [3.8, 4) is 0 Å². The first-order chi connectivity index (χ1) is 15.9. The average Bonchev–Trinajstić information content (AvgIpc) is 3.21. The van der Waals surface area contributed by atoms with Crippen LogP contribution in [0.25, 0.3) is 0 Å². The average molecular weight is 474 g/mol. The highest BCUT2D eigenvalue weighted by Crippen LogP contribution is 2.31. The standard InChI is InChI=1S/C27H43N3O4/c1-26(2,3)33-24(31)23(22-10-13-30(19-22)25(32)34-27(4,5)6)17-20-8-7-9-21(16-20)18-29-14-11-28-12-15-29/h7-9,16,22-23,28H,10-15,17-19H2,1-6H3/t22-,23-/m0/s1. The van der Waals surface area contributed by atoms with Crippen molar-refractivity contribution in [2.24, 2.45) is 11.8 Å². The Morgan fingerprint density at radius 3 is 2.29 bits per heavy atom. The molecule has 0 spiro atoms. The highest BCUT2D eigenvalue weighted by atomic mass is 16.6. The monoisotopic (exact) mass is 473 g/mol. The Balaban J connectivity index is 1.72. The van der Waals surface area contributed by atoms with E-state index in [0.717, 1.165) is 44.7 Å². The Morgan fingerprint density at radius 2 is 1.65 bits per heavy atom. The van der Waals surface area contributed by atoms with Crippen LogP contribution in [0.2, 0.25) is 0 Å². The minimum atomic E-state index is -0.553. The summed E-state index contributed by atoms with van der Waals surface area (Å²) < 4.78 is 11.4. The lowest BCUT2D eigenvalue weighted by Crippen LogP contribution is -2.42. The van der Waals surface area contributed by atoms with E-state index < -0.39 is 11.2 Å². The summed E-state index contributed by atoms with van der Waals surface area (Å²) in [6.07, 6.45) is 1.07. The van der Waals surface area contributed by atoms with Crippen LogP contribution in [0.3, 0.4) is 0 Å². The zero-order chi connectivity index (χ0) is 24.9. The second kappa shape index (κ2) is 11.1. The van der Waals surface area contributed by atoms with E-state index in [-0.39, 0.29) is 23.9 Å². The predicted octanol–water partition coefficient (Wildman–Crippen LogP) is 3.85. The molecule has 190 valence electrons. The topological polar surface area (TPSA) is 71.1 Å². The summed E-state index contributed by atoms with van der Waals surface area (Å²) in [6.45, 7) is 17.5. The van der Waals surface area contributed by atoms with Crippen molar-refractivity contribution in [1.29, 1.82) is 0 Å². The van der Waals surface area contributed by atoms with Crippen molar-refractivity contribution < 1.29 is 19.1 Å². The van der Waals surface area contributed by atoms with E-state index in [4.69, 9.17) is 9.47 Å². The van der Waals surface area contributed by atoms with Crippen LogP contribution in [0.1, 0.15) is 59.1 Å². The number of benzene rings is 1. The van der Waals surface area contributed by atoms with Gasteiger partial charge < -0.3 is 19.7 Å². The van der Waals surface area contributed by atoms with Crippen LogP contribution in [0, 0.1) is 11.8 Å². The Morgan fingerprint density at radius 1 is 1.00 bits per heavy atom. The summed E-state index contributed by atoms with van der Waals surface area (Å²) in [5, 5.41) is 3.39. The molecule has 1 amide bonds. The molecule has 1 N–H and O–H groups in total. The Hall–Kier alpha value is -2.12. The summed E-state index contributed by atoms with van der Waals surface area (Å²) in [5.74, 6) is -0.448. The van der Waals surface area contributed by atoms with Gasteiger partial charge in [0.15, 0.2) is 0 Å². The first-order valence-corrected chi connectivity index (χ1v) is 12.6. The summed E-state index contributed by atoms with van der Waals surface area (Å²) >= 11 is 0. The number of likely N-dealkylation sites (tertiary alicyclic amines) is 1. The van der Waals surface area contributed by atoms with Crippen LogP contribution in [0.5, 0.6) is 0 Å². The van der Waals surface area contributed by atoms with Gasteiger partial charge in [0, 0.05) is 45.8 Å². The van der Waals surface area contributed by atoms with Gasteiger partial charge in [0.2, 0.25) is 0 Å².